The number of carbonyl (C=O) groups excluding carboxylic acids is 1. The topological polar surface area (TPSA) is 50.4 Å². The van der Waals surface area contributed by atoms with Gasteiger partial charge in [0.25, 0.3) is 0 Å². The molecular weight excluding hydrogens is 271 g/mol. The van der Waals surface area contributed by atoms with E-state index in [1.807, 2.05) is 6.92 Å². The first-order valence-corrected chi connectivity index (χ1v) is 7.56. The van der Waals surface area contributed by atoms with Gasteiger partial charge in [-0.05, 0) is 51.4 Å². The number of halogens is 1. The van der Waals surface area contributed by atoms with E-state index in [1.54, 1.807) is 19.1 Å². The Hall–Kier alpha value is -1.62. The third kappa shape index (κ3) is 3.53. The Morgan fingerprint density at radius 3 is 2.67 bits per heavy atom. The van der Waals surface area contributed by atoms with E-state index in [0.717, 1.165) is 32.4 Å². The van der Waals surface area contributed by atoms with E-state index in [2.05, 4.69) is 10.6 Å². The lowest BCUT2D eigenvalue weighted by atomic mass is 9.76. The molecule has 2 N–H and O–H groups in total. The van der Waals surface area contributed by atoms with Crippen molar-refractivity contribution in [3.05, 3.63) is 24.0 Å². The molecule has 0 aliphatic carbocycles. The van der Waals surface area contributed by atoms with Gasteiger partial charge < -0.3 is 15.4 Å². The number of piperidine rings is 1. The number of hydrogen-bond donors (Lipinski definition) is 2. The summed E-state index contributed by atoms with van der Waals surface area (Å²) in [4.78, 5) is 12.5. The fourth-order valence-corrected chi connectivity index (χ4v) is 2.76. The molecule has 1 heterocycles. The average molecular weight is 294 g/mol. The Bertz CT molecular complexity index is 499. The smallest absolute Gasteiger partial charge is 0.230 e. The quantitative estimate of drug-likeness (QED) is 0.878. The number of hydrogen-bond acceptors (Lipinski definition) is 3. The first kappa shape index (κ1) is 15.8. The summed E-state index contributed by atoms with van der Waals surface area (Å²) >= 11 is 0. The lowest BCUT2D eigenvalue weighted by molar-refractivity contribution is -0.127. The van der Waals surface area contributed by atoms with E-state index < -0.39 is 5.82 Å². The summed E-state index contributed by atoms with van der Waals surface area (Å²) in [6.45, 7) is 5.94. The molecule has 0 radical (unpaired) electrons. The van der Waals surface area contributed by atoms with Gasteiger partial charge in [-0.25, -0.2) is 4.39 Å². The molecule has 5 heteroatoms. The van der Waals surface area contributed by atoms with Gasteiger partial charge in [-0.2, -0.15) is 0 Å². The van der Waals surface area contributed by atoms with Crippen LogP contribution in [0.1, 0.15) is 33.1 Å². The lowest BCUT2D eigenvalue weighted by Crippen LogP contribution is -2.44. The van der Waals surface area contributed by atoms with Crippen LogP contribution in [0.2, 0.25) is 0 Å². The second-order valence-electron chi connectivity index (χ2n) is 5.42. The van der Waals surface area contributed by atoms with Crippen LogP contribution in [0.15, 0.2) is 18.2 Å². The second-order valence-corrected chi connectivity index (χ2v) is 5.42. The number of anilines is 1. The maximum absolute atomic E-state index is 13.8. The summed E-state index contributed by atoms with van der Waals surface area (Å²) in [5.41, 5.74) is 0.132. The van der Waals surface area contributed by atoms with Crippen molar-refractivity contribution < 1.29 is 13.9 Å². The summed E-state index contributed by atoms with van der Waals surface area (Å²) in [6.07, 6.45) is 2.42. The Morgan fingerprint density at radius 1 is 1.38 bits per heavy atom. The zero-order valence-electron chi connectivity index (χ0n) is 12.7. The average Bonchev–Trinajstić information content (AvgIpc) is 2.50. The van der Waals surface area contributed by atoms with E-state index in [-0.39, 0.29) is 17.1 Å². The van der Waals surface area contributed by atoms with Gasteiger partial charge in [0.05, 0.1) is 12.0 Å². The standard InChI is InChI=1S/C16H23FN2O2/c1-3-16(7-9-18-10-8-16)15(20)19-12-5-6-14(21-4-2)13(17)11-12/h5-6,11,18H,3-4,7-10H2,1-2H3,(H,19,20). The SMILES string of the molecule is CCOc1ccc(NC(=O)C2(CC)CCNCC2)cc1F. The van der Waals surface area contributed by atoms with Crippen molar-refractivity contribution in [2.24, 2.45) is 5.41 Å². The maximum atomic E-state index is 13.8. The number of nitrogens with one attached hydrogen (secondary N) is 2. The van der Waals surface area contributed by atoms with Crippen LogP contribution in [-0.2, 0) is 4.79 Å². The maximum Gasteiger partial charge on any atom is 0.230 e. The van der Waals surface area contributed by atoms with Gasteiger partial charge in [-0.1, -0.05) is 6.92 Å². The van der Waals surface area contributed by atoms with Crippen LogP contribution in [0.3, 0.4) is 0 Å². The molecule has 1 aliphatic heterocycles. The van der Waals surface area contributed by atoms with E-state index in [0.29, 0.717) is 12.3 Å². The van der Waals surface area contributed by atoms with Crippen LogP contribution in [0.25, 0.3) is 0 Å². The molecular formula is C16H23FN2O2. The van der Waals surface area contributed by atoms with E-state index in [1.165, 1.54) is 6.07 Å². The number of amides is 1. The van der Waals surface area contributed by atoms with E-state index >= 15 is 0 Å². The van der Waals surface area contributed by atoms with Crippen molar-refractivity contribution in [1.82, 2.24) is 5.32 Å². The van der Waals surface area contributed by atoms with Gasteiger partial charge in [0.2, 0.25) is 5.91 Å². The highest BCUT2D eigenvalue weighted by Gasteiger charge is 2.37. The molecule has 1 amide bonds. The molecule has 0 spiro atoms. The van der Waals surface area contributed by atoms with E-state index in [4.69, 9.17) is 4.74 Å². The highest BCUT2D eigenvalue weighted by atomic mass is 19.1. The van der Waals surface area contributed by atoms with Crippen LogP contribution in [0, 0.1) is 11.2 Å². The minimum atomic E-state index is -0.453. The molecule has 1 aromatic carbocycles. The minimum Gasteiger partial charge on any atom is -0.491 e. The van der Waals surface area contributed by atoms with Gasteiger partial charge in [-0.3, -0.25) is 4.79 Å². The van der Waals surface area contributed by atoms with Crippen molar-refractivity contribution in [3.8, 4) is 5.75 Å². The highest BCUT2D eigenvalue weighted by Crippen LogP contribution is 2.34. The van der Waals surface area contributed by atoms with Crippen LogP contribution in [-0.4, -0.2) is 25.6 Å². The molecule has 0 unspecified atom stereocenters. The predicted octanol–water partition coefficient (Wildman–Crippen LogP) is 2.94. The fourth-order valence-electron chi connectivity index (χ4n) is 2.76. The largest absolute Gasteiger partial charge is 0.491 e. The van der Waals surface area contributed by atoms with Gasteiger partial charge in [0, 0.05) is 11.8 Å². The van der Waals surface area contributed by atoms with Gasteiger partial charge in [-0.15, -0.1) is 0 Å². The second kappa shape index (κ2) is 6.89. The van der Waals surface area contributed by atoms with E-state index in [9.17, 15) is 9.18 Å². The molecule has 21 heavy (non-hydrogen) atoms. The van der Waals surface area contributed by atoms with Crippen molar-refractivity contribution in [1.29, 1.82) is 0 Å². The fraction of sp³-hybridized carbons (Fsp3) is 0.562. The molecule has 1 aromatic rings. The molecule has 2 rings (SSSR count). The number of rotatable bonds is 5. The number of benzene rings is 1. The third-order valence-corrected chi connectivity index (χ3v) is 4.21. The van der Waals surface area contributed by atoms with Gasteiger partial charge in [0.15, 0.2) is 11.6 Å². The monoisotopic (exact) mass is 294 g/mol. The zero-order chi connectivity index (χ0) is 15.3. The summed E-state index contributed by atoms with van der Waals surface area (Å²) < 4.78 is 19.0. The van der Waals surface area contributed by atoms with Crippen molar-refractivity contribution in [2.45, 2.75) is 33.1 Å². The lowest BCUT2D eigenvalue weighted by Gasteiger charge is -2.35. The summed E-state index contributed by atoms with van der Waals surface area (Å²) in [7, 11) is 0. The normalized spacial score (nSPS) is 17.3. The first-order chi connectivity index (χ1) is 10.1. The van der Waals surface area contributed by atoms with Crippen LogP contribution in [0.4, 0.5) is 10.1 Å². The number of ether oxygens (including phenoxy) is 1. The van der Waals surface area contributed by atoms with Crippen molar-refractivity contribution in [3.63, 3.8) is 0 Å². The third-order valence-electron chi connectivity index (χ3n) is 4.21. The molecule has 1 fully saturated rings. The Kier molecular flexibility index (Phi) is 5.17. The molecule has 1 saturated heterocycles. The zero-order valence-corrected chi connectivity index (χ0v) is 12.7. The summed E-state index contributed by atoms with van der Waals surface area (Å²) in [6, 6.07) is 4.54. The van der Waals surface area contributed by atoms with Gasteiger partial charge in [0.1, 0.15) is 0 Å². The summed E-state index contributed by atoms with van der Waals surface area (Å²) in [5, 5.41) is 6.12. The Morgan fingerprint density at radius 2 is 2.10 bits per heavy atom. The van der Waals surface area contributed by atoms with Crippen LogP contribution < -0.4 is 15.4 Å². The highest BCUT2D eigenvalue weighted by molar-refractivity contribution is 5.95. The molecule has 116 valence electrons. The van der Waals surface area contributed by atoms with Gasteiger partial charge >= 0.3 is 0 Å². The molecule has 4 nitrogen and oxygen atoms in total. The number of carbonyl (C=O) groups is 1. The summed E-state index contributed by atoms with van der Waals surface area (Å²) in [5.74, 6) is -0.261. The van der Waals surface area contributed by atoms with Crippen molar-refractivity contribution >= 4 is 11.6 Å². The minimum absolute atomic E-state index is 0.0185. The molecule has 0 bridgehead atoms. The predicted molar refractivity (Wildman–Crippen MR) is 81.0 cm³/mol. The van der Waals surface area contributed by atoms with Crippen LogP contribution in [0.5, 0.6) is 5.75 Å². The molecule has 0 saturated carbocycles. The first-order valence-electron chi connectivity index (χ1n) is 7.56. The van der Waals surface area contributed by atoms with Crippen molar-refractivity contribution in [2.75, 3.05) is 25.0 Å². The molecule has 0 atom stereocenters. The Balaban J connectivity index is 2.09. The molecule has 1 aliphatic rings. The molecule has 0 aromatic heterocycles. The van der Waals surface area contributed by atoms with Crippen LogP contribution >= 0.6 is 0 Å². The Labute approximate surface area is 125 Å².